The molecule has 2 atom stereocenters. The van der Waals surface area contributed by atoms with E-state index in [9.17, 15) is 19.7 Å². The Morgan fingerprint density at radius 2 is 1.82 bits per heavy atom. The molecule has 0 radical (unpaired) electrons. The van der Waals surface area contributed by atoms with E-state index in [1.807, 2.05) is 25.1 Å². The molecule has 40 heavy (non-hydrogen) atoms. The van der Waals surface area contributed by atoms with Gasteiger partial charge in [0.15, 0.2) is 10.7 Å². The van der Waals surface area contributed by atoms with E-state index >= 15 is 0 Å². The van der Waals surface area contributed by atoms with Gasteiger partial charge in [-0.25, -0.2) is 0 Å². The van der Waals surface area contributed by atoms with Crippen molar-refractivity contribution in [1.29, 1.82) is 0 Å². The number of hydrogen-bond donors (Lipinski definition) is 2. The van der Waals surface area contributed by atoms with Crippen LogP contribution in [0.4, 0.5) is 17.2 Å². The van der Waals surface area contributed by atoms with E-state index in [2.05, 4.69) is 20.8 Å². The van der Waals surface area contributed by atoms with E-state index in [0.29, 0.717) is 48.3 Å². The number of halogens is 1. The van der Waals surface area contributed by atoms with Gasteiger partial charge in [0.1, 0.15) is 0 Å². The normalized spacial score (nSPS) is 26.6. The highest BCUT2D eigenvalue weighted by Crippen LogP contribution is 2.65. The quantitative estimate of drug-likeness (QED) is 0.271. The Morgan fingerprint density at radius 1 is 1.12 bits per heavy atom. The van der Waals surface area contributed by atoms with Crippen LogP contribution in [0.1, 0.15) is 68.1 Å². The summed E-state index contributed by atoms with van der Waals surface area (Å²) >= 11 is 6.33. The Bertz CT molecular complexity index is 1480. The highest BCUT2D eigenvalue weighted by Gasteiger charge is 2.61. The summed E-state index contributed by atoms with van der Waals surface area (Å²) in [6, 6.07) is 9.11. The maximum atomic E-state index is 13.6. The number of carbonyl (C=O) groups is 2. The van der Waals surface area contributed by atoms with Gasteiger partial charge in [0.05, 0.1) is 22.0 Å². The zero-order valence-electron chi connectivity index (χ0n) is 22.5. The van der Waals surface area contributed by atoms with Crippen LogP contribution in [0.25, 0.3) is 0 Å². The van der Waals surface area contributed by atoms with E-state index < -0.39 is 10.8 Å². The minimum Gasteiger partial charge on any atom is -0.358 e. The van der Waals surface area contributed by atoms with Crippen LogP contribution in [0, 0.1) is 34.3 Å². The molecule has 12 heteroatoms. The van der Waals surface area contributed by atoms with Crippen LogP contribution in [-0.2, 0) is 16.9 Å². The fourth-order valence-electron chi connectivity index (χ4n) is 7.99. The Labute approximate surface area is 236 Å². The number of nitrogens with one attached hydrogen (secondary N) is 2. The standard InChI is InChI=1S/C28H32ClN7O4/c1-3-34-15-21(24(32-34)26(38)30-20-7-5-4-6-8-20)31-22(37)14-27-10-18-9-19(11-27)13-28(12-18,16-27)35-17(2)23(29)25(33-35)36(39)40/h4-8,15,18-19H,3,9-14,16H2,1-2H3,(H,30,38)(H,31,37). The number of rotatable bonds is 8. The molecule has 0 aliphatic heterocycles. The second-order valence-corrected chi connectivity index (χ2v) is 12.2. The molecule has 4 aliphatic rings. The van der Waals surface area contributed by atoms with Crippen LogP contribution < -0.4 is 10.6 Å². The third-order valence-corrected chi connectivity index (χ3v) is 9.38. The number of nitrogens with zero attached hydrogens (tertiary/aromatic N) is 5. The van der Waals surface area contributed by atoms with Gasteiger partial charge >= 0.3 is 5.82 Å². The Kier molecular flexibility index (Phi) is 6.44. The highest BCUT2D eigenvalue weighted by atomic mass is 35.5. The van der Waals surface area contributed by atoms with E-state index in [4.69, 9.17) is 11.6 Å². The van der Waals surface area contributed by atoms with Crippen LogP contribution in [0.3, 0.4) is 0 Å². The summed E-state index contributed by atoms with van der Waals surface area (Å²) in [6.45, 7) is 4.25. The van der Waals surface area contributed by atoms with Gasteiger partial charge in [-0.2, -0.15) is 9.78 Å². The molecule has 4 saturated carbocycles. The third kappa shape index (κ3) is 4.55. The number of amides is 2. The fraction of sp³-hybridized carbons (Fsp3) is 0.500. The summed E-state index contributed by atoms with van der Waals surface area (Å²) in [5, 5.41) is 26.3. The molecule has 2 heterocycles. The van der Waals surface area contributed by atoms with Crippen LogP contribution >= 0.6 is 11.6 Å². The van der Waals surface area contributed by atoms with Crippen molar-refractivity contribution < 1.29 is 14.5 Å². The largest absolute Gasteiger partial charge is 0.408 e. The SMILES string of the molecule is CCn1cc(NC(=O)CC23CC4CC(C2)CC(n2nc([N+](=O)[O-])c(Cl)c2C)(C4)C3)c(C(=O)Nc2ccccc2)n1. The maximum absolute atomic E-state index is 13.6. The number of nitro groups is 1. The highest BCUT2D eigenvalue weighted by molar-refractivity contribution is 6.33. The second kappa shape index (κ2) is 9.72. The summed E-state index contributed by atoms with van der Waals surface area (Å²) in [5.41, 5.74) is 1.15. The number of benzene rings is 1. The smallest absolute Gasteiger partial charge is 0.358 e. The molecule has 7 rings (SSSR count). The number of carbonyl (C=O) groups excluding carboxylic acids is 2. The first kappa shape index (κ1) is 26.5. The van der Waals surface area contributed by atoms with Crippen molar-refractivity contribution in [2.45, 2.75) is 70.9 Å². The molecule has 0 spiro atoms. The molecular formula is C28H32ClN7O4. The van der Waals surface area contributed by atoms with Crippen LogP contribution in [0.2, 0.25) is 5.02 Å². The molecule has 3 aromatic rings. The van der Waals surface area contributed by atoms with Crippen molar-refractivity contribution in [3.8, 4) is 0 Å². The average Bonchev–Trinajstić information content (AvgIpc) is 3.44. The molecule has 11 nitrogen and oxygen atoms in total. The third-order valence-electron chi connectivity index (χ3n) is 8.94. The number of para-hydroxylation sites is 1. The van der Waals surface area contributed by atoms with Crippen molar-refractivity contribution in [2.24, 2.45) is 17.3 Å². The van der Waals surface area contributed by atoms with Crippen LogP contribution in [-0.4, -0.2) is 36.3 Å². The van der Waals surface area contributed by atoms with Crippen molar-refractivity contribution in [3.63, 3.8) is 0 Å². The molecular weight excluding hydrogens is 534 g/mol. The molecule has 2 aromatic heterocycles. The summed E-state index contributed by atoms with van der Waals surface area (Å²) in [6.07, 6.45) is 7.45. The predicted octanol–water partition coefficient (Wildman–Crippen LogP) is 5.55. The molecule has 4 bridgehead atoms. The van der Waals surface area contributed by atoms with Gasteiger partial charge in [-0.3, -0.25) is 14.3 Å². The summed E-state index contributed by atoms with van der Waals surface area (Å²) in [5.74, 6) is -0.0233. The molecule has 2 N–H and O–H groups in total. The zero-order valence-corrected chi connectivity index (χ0v) is 23.3. The lowest BCUT2D eigenvalue weighted by atomic mass is 9.46. The Balaban J connectivity index is 1.24. The minimum atomic E-state index is -0.530. The van der Waals surface area contributed by atoms with Crippen molar-refractivity contribution in [3.05, 3.63) is 63.1 Å². The lowest BCUT2D eigenvalue weighted by Crippen LogP contribution is -2.57. The van der Waals surface area contributed by atoms with Crippen molar-refractivity contribution >= 4 is 40.6 Å². The maximum Gasteiger partial charge on any atom is 0.408 e. The summed E-state index contributed by atoms with van der Waals surface area (Å²) in [7, 11) is 0. The molecule has 1 aromatic carbocycles. The molecule has 2 amide bonds. The first-order chi connectivity index (χ1) is 19.1. The van der Waals surface area contributed by atoms with Crippen LogP contribution in [0.15, 0.2) is 36.5 Å². The predicted molar refractivity (Wildman–Crippen MR) is 149 cm³/mol. The summed E-state index contributed by atoms with van der Waals surface area (Å²) in [4.78, 5) is 37.7. The fourth-order valence-corrected chi connectivity index (χ4v) is 8.18. The first-order valence-electron chi connectivity index (χ1n) is 13.7. The lowest BCUT2D eigenvalue weighted by Gasteiger charge is -2.61. The molecule has 4 fully saturated rings. The number of aromatic nitrogens is 4. The first-order valence-corrected chi connectivity index (χ1v) is 14.1. The lowest BCUT2D eigenvalue weighted by molar-refractivity contribution is -0.389. The van der Waals surface area contributed by atoms with Gasteiger partial charge in [0.2, 0.25) is 5.91 Å². The topological polar surface area (TPSA) is 137 Å². The van der Waals surface area contributed by atoms with Gasteiger partial charge in [-0.05, 0) is 86.7 Å². The summed E-state index contributed by atoms with van der Waals surface area (Å²) < 4.78 is 3.43. The minimum absolute atomic E-state index is 0.0850. The molecule has 4 aliphatic carbocycles. The second-order valence-electron chi connectivity index (χ2n) is 11.9. The number of anilines is 2. The van der Waals surface area contributed by atoms with E-state index in [-0.39, 0.29) is 33.4 Å². The molecule has 210 valence electrons. The zero-order chi connectivity index (χ0) is 28.2. The van der Waals surface area contributed by atoms with E-state index in [1.54, 1.807) is 34.6 Å². The van der Waals surface area contributed by atoms with E-state index in [0.717, 1.165) is 32.1 Å². The number of hydrogen-bond acceptors (Lipinski definition) is 6. The van der Waals surface area contributed by atoms with E-state index in [1.165, 1.54) is 0 Å². The van der Waals surface area contributed by atoms with Crippen LogP contribution in [0.5, 0.6) is 0 Å². The Hall–Kier alpha value is -3.73. The van der Waals surface area contributed by atoms with Gasteiger partial charge in [-0.1, -0.05) is 29.8 Å². The molecule has 0 saturated heterocycles. The van der Waals surface area contributed by atoms with Gasteiger partial charge in [0, 0.05) is 24.8 Å². The van der Waals surface area contributed by atoms with Crippen molar-refractivity contribution in [1.82, 2.24) is 19.6 Å². The van der Waals surface area contributed by atoms with Gasteiger partial charge in [0.25, 0.3) is 5.91 Å². The molecule has 2 unspecified atom stereocenters. The number of aryl methyl sites for hydroxylation is 1. The Morgan fingerprint density at radius 3 is 2.45 bits per heavy atom. The van der Waals surface area contributed by atoms with Gasteiger partial charge in [-0.15, -0.1) is 0 Å². The monoisotopic (exact) mass is 565 g/mol. The average molecular weight is 566 g/mol. The van der Waals surface area contributed by atoms with Crippen molar-refractivity contribution in [2.75, 3.05) is 10.6 Å². The van der Waals surface area contributed by atoms with Gasteiger partial charge < -0.3 is 20.7 Å².